The predicted molar refractivity (Wildman–Crippen MR) is 59.2 cm³/mol. The molecule has 2 rings (SSSR count). The molecule has 0 aliphatic heterocycles. The summed E-state index contributed by atoms with van der Waals surface area (Å²) in [6.45, 7) is 0. The molecule has 0 radical (unpaired) electrons. The third-order valence-electron chi connectivity index (χ3n) is 2.33. The number of aromatic nitrogens is 2. The van der Waals surface area contributed by atoms with Gasteiger partial charge in [-0.15, -0.1) is 13.2 Å². The molecule has 0 aliphatic carbocycles. The van der Waals surface area contributed by atoms with Gasteiger partial charge < -0.3 is 4.74 Å². The molecule has 0 unspecified atom stereocenters. The molecule has 0 saturated heterocycles. The van der Waals surface area contributed by atoms with E-state index < -0.39 is 23.9 Å². The van der Waals surface area contributed by atoms with E-state index in [2.05, 4.69) is 14.7 Å². The predicted octanol–water partition coefficient (Wildman–Crippen LogP) is 4.06. The number of benzene rings is 1. The van der Waals surface area contributed by atoms with Gasteiger partial charge in [-0.05, 0) is 12.1 Å². The van der Waals surface area contributed by atoms with Gasteiger partial charge in [-0.1, -0.05) is 12.1 Å². The van der Waals surface area contributed by atoms with Crippen molar-refractivity contribution in [3.05, 3.63) is 42.2 Å². The quantitative estimate of drug-likeness (QED) is 0.785. The average molecular weight is 308 g/mol. The number of hydrogen-bond acceptors (Lipinski definition) is 3. The fourth-order valence-corrected chi connectivity index (χ4v) is 1.48. The number of rotatable bonds is 2. The fourth-order valence-electron chi connectivity index (χ4n) is 1.48. The molecule has 0 aliphatic rings. The Morgan fingerprint density at radius 2 is 1.43 bits per heavy atom. The van der Waals surface area contributed by atoms with Gasteiger partial charge in [-0.2, -0.15) is 13.2 Å². The highest BCUT2D eigenvalue weighted by Crippen LogP contribution is 2.33. The van der Waals surface area contributed by atoms with Gasteiger partial charge in [-0.3, -0.25) is 0 Å². The zero-order valence-corrected chi connectivity index (χ0v) is 10.0. The standard InChI is InChI=1S/C12H6F6N2O/c13-11(14,15)7-5-19-10(20-6-7)8-3-1-2-4-9(8)21-12(16,17)18/h1-6H. The normalized spacial score (nSPS) is 12.3. The van der Waals surface area contributed by atoms with E-state index in [1.165, 1.54) is 18.2 Å². The first-order valence-electron chi connectivity index (χ1n) is 5.41. The number of alkyl halides is 6. The van der Waals surface area contributed by atoms with Crippen molar-refractivity contribution in [1.82, 2.24) is 9.97 Å². The lowest BCUT2D eigenvalue weighted by molar-refractivity contribution is -0.274. The topological polar surface area (TPSA) is 35.0 Å². The van der Waals surface area contributed by atoms with E-state index in [1.54, 1.807) is 0 Å². The van der Waals surface area contributed by atoms with Crippen LogP contribution in [-0.4, -0.2) is 16.3 Å². The molecular formula is C12H6F6N2O. The van der Waals surface area contributed by atoms with Crippen molar-refractivity contribution in [3.8, 4) is 17.1 Å². The molecule has 0 fully saturated rings. The van der Waals surface area contributed by atoms with Crippen LogP contribution in [0, 0.1) is 0 Å². The van der Waals surface area contributed by atoms with E-state index in [9.17, 15) is 26.3 Å². The molecule has 21 heavy (non-hydrogen) atoms. The highest BCUT2D eigenvalue weighted by molar-refractivity contribution is 5.63. The van der Waals surface area contributed by atoms with Crippen LogP contribution < -0.4 is 4.74 Å². The SMILES string of the molecule is FC(F)(F)Oc1ccccc1-c1ncc(C(F)(F)F)cn1. The molecule has 0 saturated carbocycles. The van der Waals surface area contributed by atoms with Gasteiger partial charge in [0.05, 0.1) is 11.1 Å². The van der Waals surface area contributed by atoms with Crippen molar-refractivity contribution in [1.29, 1.82) is 0 Å². The Morgan fingerprint density at radius 1 is 0.857 bits per heavy atom. The van der Waals surface area contributed by atoms with E-state index >= 15 is 0 Å². The molecule has 1 aromatic carbocycles. The Balaban J connectivity index is 2.38. The zero-order chi connectivity index (χ0) is 15.7. The van der Waals surface area contributed by atoms with Crippen LogP contribution >= 0.6 is 0 Å². The van der Waals surface area contributed by atoms with Crippen LogP contribution in [0.4, 0.5) is 26.3 Å². The van der Waals surface area contributed by atoms with Crippen molar-refractivity contribution in [3.63, 3.8) is 0 Å². The molecule has 0 amide bonds. The second kappa shape index (κ2) is 5.23. The van der Waals surface area contributed by atoms with Gasteiger partial charge in [-0.25, -0.2) is 9.97 Å². The van der Waals surface area contributed by atoms with Crippen LogP contribution in [0.2, 0.25) is 0 Å². The lowest BCUT2D eigenvalue weighted by Gasteiger charge is -2.12. The zero-order valence-electron chi connectivity index (χ0n) is 10.0. The summed E-state index contributed by atoms with van der Waals surface area (Å²) in [5.74, 6) is -0.896. The number of nitrogens with zero attached hydrogens (tertiary/aromatic N) is 2. The first-order chi connectivity index (χ1) is 9.67. The summed E-state index contributed by atoms with van der Waals surface area (Å²) in [5, 5.41) is 0. The highest BCUT2D eigenvalue weighted by Gasteiger charge is 2.33. The summed E-state index contributed by atoms with van der Waals surface area (Å²) in [6, 6.07) is 4.90. The van der Waals surface area contributed by atoms with Crippen LogP contribution in [-0.2, 0) is 6.18 Å². The summed E-state index contributed by atoms with van der Waals surface area (Å²) in [5.41, 5.74) is -1.26. The molecule has 9 heteroatoms. The van der Waals surface area contributed by atoms with Crippen molar-refractivity contribution in [2.75, 3.05) is 0 Å². The van der Waals surface area contributed by atoms with Crippen LogP contribution in [0.1, 0.15) is 5.56 Å². The summed E-state index contributed by atoms with van der Waals surface area (Å²) in [6.07, 6.45) is -8.57. The maximum absolute atomic E-state index is 12.4. The second-order valence-corrected chi connectivity index (χ2v) is 3.84. The largest absolute Gasteiger partial charge is 0.573 e. The fraction of sp³-hybridized carbons (Fsp3) is 0.167. The van der Waals surface area contributed by atoms with Gasteiger partial charge in [0.1, 0.15) is 5.75 Å². The Bertz CT molecular complexity index is 621. The third-order valence-corrected chi connectivity index (χ3v) is 2.33. The highest BCUT2D eigenvalue weighted by atomic mass is 19.4. The van der Waals surface area contributed by atoms with E-state index in [0.717, 1.165) is 6.07 Å². The third kappa shape index (κ3) is 3.83. The van der Waals surface area contributed by atoms with Gasteiger partial charge in [0.2, 0.25) is 0 Å². The van der Waals surface area contributed by atoms with Crippen molar-refractivity contribution >= 4 is 0 Å². The second-order valence-electron chi connectivity index (χ2n) is 3.84. The molecule has 2 aromatic rings. The summed E-state index contributed by atoms with van der Waals surface area (Å²) in [4.78, 5) is 6.86. The monoisotopic (exact) mass is 308 g/mol. The average Bonchev–Trinajstić information content (AvgIpc) is 2.37. The molecule has 1 aromatic heterocycles. The van der Waals surface area contributed by atoms with Crippen LogP contribution in [0.5, 0.6) is 5.75 Å². The summed E-state index contributed by atoms with van der Waals surface area (Å²) < 4.78 is 77.6. The number of para-hydroxylation sites is 1. The minimum absolute atomic E-state index is 0.163. The lowest BCUT2D eigenvalue weighted by atomic mass is 10.2. The van der Waals surface area contributed by atoms with E-state index in [1.807, 2.05) is 0 Å². The smallest absolute Gasteiger partial charge is 0.405 e. The van der Waals surface area contributed by atoms with Crippen LogP contribution in [0.25, 0.3) is 11.4 Å². The van der Waals surface area contributed by atoms with E-state index in [-0.39, 0.29) is 11.4 Å². The van der Waals surface area contributed by atoms with Crippen LogP contribution in [0.3, 0.4) is 0 Å². The molecule has 0 atom stereocenters. The van der Waals surface area contributed by atoms with Gasteiger partial charge in [0, 0.05) is 12.4 Å². The number of ether oxygens (including phenoxy) is 1. The van der Waals surface area contributed by atoms with Crippen molar-refractivity contribution < 1.29 is 31.1 Å². The molecule has 112 valence electrons. The van der Waals surface area contributed by atoms with E-state index in [0.29, 0.717) is 12.4 Å². The van der Waals surface area contributed by atoms with Gasteiger partial charge >= 0.3 is 12.5 Å². The first-order valence-corrected chi connectivity index (χ1v) is 5.41. The van der Waals surface area contributed by atoms with Gasteiger partial charge in [0.25, 0.3) is 0 Å². The summed E-state index contributed by atoms with van der Waals surface area (Å²) >= 11 is 0. The molecule has 0 bridgehead atoms. The van der Waals surface area contributed by atoms with Crippen molar-refractivity contribution in [2.24, 2.45) is 0 Å². The van der Waals surface area contributed by atoms with Crippen LogP contribution in [0.15, 0.2) is 36.7 Å². The molecule has 0 spiro atoms. The Kier molecular flexibility index (Phi) is 3.75. The van der Waals surface area contributed by atoms with Gasteiger partial charge in [0.15, 0.2) is 5.82 Å². The number of halogens is 6. The molecular weight excluding hydrogens is 302 g/mol. The maximum Gasteiger partial charge on any atom is 0.573 e. The molecule has 0 N–H and O–H groups in total. The molecule has 1 heterocycles. The minimum atomic E-state index is -4.93. The first kappa shape index (κ1) is 15.1. The van der Waals surface area contributed by atoms with Crippen molar-refractivity contribution in [2.45, 2.75) is 12.5 Å². The Labute approximate surface area is 114 Å². The Morgan fingerprint density at radius 3 is 1.95 bits per heavy atom. The van der Waals surface area contributed by atoms with E-state index in [4.69, 9.17) is 0 Å². The Hall–Kier alpha value is -2.32. The molecule has 3 nitrogen and oxygen atoms in total. The maximum atomic E-state index is 12.4. The summed E-state index contributed by atoms with van der Waals surface area (Å²) in [7, 11) is 0. The number of hydrogen-bond donors (Lipinski definition) is 0. The lowest BCUT2D eigenvalue weighted by Crippen LogP contribution is -2.17. The minimum Gasteiger partial charge on any atom is -0.405 e.